The second-order valence-electron chi connectivity index (χ2n) is 4.89. The van der Waals surface area contributed by atoms with Gasteiger partial charge in [0.15, 0.2) is 0 Å². The normalized spacial score (nSPS) is 12.3. The van der Waals surface area contributed by atoms with Gasteiger partial charge in [0.05, 0.1) is 11.8 Å². The molecule has 0 amide bonds. The number of rotatable bonds is 5. The quantitative estimate of drug-likeness (QED) is 0.492. The van der Waals surface area contributed by atoms with Crippen molar-refractivity contribution in [1.29, 1.82) is 0 Å². The van der Waals surface area contributed by atoms with Crippen LogP contribution >= 0.6 is 0 Å². The fourth-order valence-electron chi connectivity index (χ4n) is 2.27. The van der Waals surface area contributed by atoms with E-state index in [4.69, 9.17) is 10.3 Å². The van der Waals surface area contributed by atoms with E-state index in [1.807, 2.05) is 36.4 Å². The lowest BCUT2D eigenvalue weighted by Gasteiger charge is -2.15. The fourth-order valence-corrected chi connectivity index (χ4v) is 2.27. The Labute approximate surface area is 122 Å². The largest absolute Gasteiger partial charge is 0.469 e. The first kappa shape index (κ1) is 13.4. The highest BCUT2D eigenvalue weighted by atomic mass is 16.3. The molecule has 0 saturated heterocycles. The molecule has 0 radical (unpaired) electrons. The predicted octanol–water partition coefficient (Wildman–Crippen LogP) is 2.55. The third kappa shape index (κ3) is 2.95. The van der Waals surface area contributed by atoms with Crippen LogP contribution in [0.15, 0.2) is 47.1 Å². The number of para-hydroxylation sites is 1. The summed E-state index contributed by atoms with van der Waals surface area (Å²) in [5.41, 5.74) is 3.34. The van der Waals surface area contributed by atoms with E-state index in [1.165, 1.54) is 0 Å². The topological polar surface area (TPSA) is 89.0 Å². The van der Waals surface area contributed by atoms with Crippen molar-refractivity contribution in [3.63, 3.8) is 0 Å². The minimum absolute atomic E-state index is 0.167. The molecular formula is C15H17N5O. The third-order valence-electron chi connectivity index (χ3n) is 3.20. The average Bonchev–Trinajstić information content (AvgIpc) is 2.99. The molecule has 1 unspecified atom stereocenters. The zero-order chi connectivity index (χ0) is 14.7. The Balaban J connectivity index is 1.88. The van der Waals surface area contributed by atoms with E-state index in [0.717, 1.165) is 28.9 Å². The second-order valence-corrected chi connectivity index (χ2v) is 4.89. The minimum Gasteiger partial charge on any atom is -0.469 e. The molecule has 3 aromatic rings. The molecule has 0 fully saturated rings. The molecule has 108 valence electrons. The summed E-state index contributed by atoms with van der Waals surface area (Å²) in [6, 6.07) is 11.8. The van der Waals surface area contributed by atoms with Crippen LogP contribution < -0.4 is 16.6 Å². The lowest BCUT2D eigenvalue weighted by molar-refractivity contribution is 0.497. The van der Waals surface area contributed by atoms with Crippen molar-refractivity contribution in [2.24, 2.45) is 5.84 Å². The Bertz CT molecular complexity index is 726. The van der Waals surface area contributed by atoms with Gasteiger partial charge in [-0.05, 0) is 31.2 Å². The molecule has 2 heterocycles. The number of furan rings is 1. The zero-order valence-corrected chi connectivity index (χ0v) is 11.7. The summed E-state index contributed by atoms with van der Waals surface area (Å²) in [5.74, 6) is 7.52. The molecule has 21 heavy (non-hydrogen) atoms. The third-order valence-corrected chi connectivity index (χ3v) is 3.20. The van der Waals surface area contributed by atoms with Gasteiger partial charge in [-0.25, -0.2) is 10.8 Å². The van der Waals surface area contributed by atoms with Crippen LogP contribution in [-0.2, 0) is 6.42 Å². The maximum Gasteiger partial charge on any atom is 0.239 e. The molecule has 3 rings (SSSR count). The Kier molecular flexibility index (Phi) is 3.70. The van der Waals surface area contributed by atoms with E-state index in [2.05, 4.69) is 27.6 Å². The number of benzene rings is 1. The second kappa shape index (κ2) is 5.80. The van der Waals surface area contributed by atoms with E-state index in [1.54, 1.807) is 6.26 Å². The van der Waals surface area contributed by atoms with Gasteiger partial charge in [-0.2, -0.15) is 4.98 Å². The monoisotopic (exact) mass is 283 g/mol. The summed E-state index contributed by atoms with van der Waals surface area (Å²) in [5, 5.41) is 4.35. The molecule has 2 aromatic heterocycles. The highest BCUT2D eigenvalue weighted by Gasteiger charge is 2.11. The summed E-state index contributed by atoms with van der Waals surface area (Å²) < 4.78 is 5.37. The first-order valence-electron chi connectivity index (χ1n) is 6.78. The lowest BCUT2D eigenvalue weighted by Crippen LogP contribution is -2.20. The molecule has 0 bridgehead atoms. The van der Waals surface area contributed by atoms with Gasteiger partial charge >= 0.3 is 0 Å². The van der Waals surface area contributed by atoms with Gasteiger partial charge in [0.1, 0.15) is 11.6 Å². The smallest absolute Gasteiger partial charge is 0.239 e. The predicted molar refractivity (Wildman–Crippen MR) is 82.8 cm³/mol. The number of hydrazine groups is 1. The maximum atomic E-state index is 5.43. The molecule has 1 aromatic carbocycles. The van der Waals surface area contributed by atoms with E-state index < -0.39 is 0 Å². The van der Waals surface area contributed by atoms with Gasteiger partial charge in [-0.1, -0.05) is 12.1 Å². The number of nitrogens with zero attached hydrogens (tertiary/aromatic N) is 2. The minimum atomic E-state index is 0.167. The average molecular weight is 283 g/mol. The first-order valence-corrected chi connectivity index (χ1v) is 6.78. The van der Waals surface area contributed by atoms with Crippen molar-refractivity contribution in [3.8, 4) is 0 Å². The van der Waals surface area contributed by atoms with Gasteiger partial charge in [0.2, 0.25) is 5.95 Å². The van der Waals surface area contributed by atoms with Crippen LogP contribution in [0.1, 0.15) is 12.7 Å². The molecule has 0 aliphatic heterocycles. The number of nitrogen functional groups attached to an aromatic ring is 1. The standard InChI is InChI=1S/C15H17N5O/c1-10(9-11-5-4-8-21-11)17-14-12-6-2-3-7-13(12)18-15(19-14)20-16/h2-8,10H,9,16H2,1H3,(H2,17,18,19,20). The van der Waals surface area contributed by atoms with Crippen LogP contribution in [0.3, 0.4) is 0 Å². The van der Waals surface area contributed by atoms with Crippen molar-refractivity contribution < 1.29 is 4.42 Å². The molecular weight excluding hydrogens is 266 g/mol. The molecule has 1 atom stereocenters. The Morgan fingerprint density at radius 2 is 2.05 bits per heavy atom. The van der Waals surface area contributed by atoms with Crippen molar-refractivity contribution in [3.05, 3.63) is 48.4 Å². The Morgan fingerprint density at radius 1 is 1.19 bits per heavy atom. The number of anilines is 2. The maximum absolute atomic E-state index is 5.43. The molecule has 0 spiro atoms. The number of hydrogen-bond donors (Lipinski definition) is 3. The van der Waals surface area contributed by atoms with E-state index in [0.29, 0.717) is 5.95 Å². The molecule has 4 N–H and O–H groups in total. The number of hydrogen-bond acceptors (Lipinski definition) is 6. The van der Waals surface area contributed by atoms with Crippen LogP contribution in [0.5, 0.6) is 0 Å². The number of aromatic nitrogens is 2. The van der Waals surface area contributed by atoms with Crippen molar-refractivity contribution in [1.82, 2.24) is 9.97 Å². The fraction of sp³-hybridized carbons (Fsp3) is 0.200. The summed E-state index contributed by atoms with van der Waals surface area (Å²) in [4.78, 5) is 8.73. The summed E-state index contributed by atoms with van der Waals surface area (Å²) in [6.07, 6.45) is 2.45. The Hall–Kier alpha value is -2.60. The SMILES string of the molecule is CC(Cc1ccco1)Nc1nc(NN)nc2ccccc12. The van der Waals surface area contributed by atoms with Crippen LogP contribution in [0, 0.1) is 0 Å². The molecule has 0 aliphatic carbocycles. The van der Waals surface area contributed by atoms with Crippen molar-refractivity contribution in [2.45, 2.75) is 19.4 Å². The Morgan fingerprint density at radius 3 is 2.81 bits per heavy atom. The number of fused-ring (bicyclic) bond motifs is 1. The van der Waals surface area contributed by atoms with Gasteiger partial charge in [0, 0.05) is 17.8 Å². The summed E-state index contributed by atoms with van der Waals surface area (Å²) in [6.45, 7) is 2.08. The van der Waals surface area contributed by atoms with Gasteiger partial charge in [0.25, 0.3) is 0 Å². The van der Waals surface area contributed by atoms with Crippen molar-refractivity contribution >= 4 is 22.7 Å². The van der Waals surface area contributed by atoms with Gasteiger partial charge in [-0.15, -0.1) is 0 Å². The lowest BCUT2D eigenvalue weighted by atomic mass is 10.2. The highest BCUT2D eigenvalue weighted by molar-refractivity contribution is 5.90. The van der Waals surface area contributed by atoms with Crippen molar-refractivity contribution in [2.75, 3.05) is 10.7 Å². The van der Waals surface area contributed by atoms with Crippen LogP contribution in [0.4, 0.5) is 11.8 Å². The van der Waals surface area contributed by atoms with Crippen LogP contribution in [0.2, 0.25) is 0 Å². The molecule has 6 nitrogen and oxygen atoms in total. The van der Waals surface area contributed by atoms with Gasteiger partial charge in [-0.3, -0.25) is 5.43 Å². The highest BCUT2D eigenvalue weighted by Crippen LogP contribution is 2.22. The molecule has 0 saturated carbocycles. The van der Waals surface area contributed by atoms with E-state index in [9.17, 15) is 0 Å². The van der Waals surface area contributed by atoms with E-state index >= 15 is 0 Å². The number of nitrogens with two attached hydrogens (primary N) is 1. The van der Waals surface area contributed by atoms with Crippen LogP contribution in [0.25, 0.3) is 10.9 Å². The summed E-state index contributed by atoms with van der Waals surface area (Å²) in [7, 11) is 0. The number of nitrogens with one attached hydrogen (secondary N) is 2. The zero-order valence-electron chi connectivity index (χ0n) is 11.7. The van der Waals surface area contributed by atoms with Gasteiger partial charge < -0.3 is 9.73 Å². The van der Waals surface area contributed by atoms with E-state index in [-0.39, 0.29) is 6.04 Å². The molecule has 6 heteroatoms. The van der Waals surface area contributed by atoms with Crippen LogP contribution in [-0.4, -0.2) is 16.0 Å². The first-order chi connectivity index (χ1) is 10.3. The molecule has 0 aliphatic rings. The summed E-state index contributed by atoms with van der Waals surface area (Å²) >= 11 is 0.